The van der Waals surface area contributed by atoms with Crippen molar-refractivity contribution in [2.24, 2.45) is 10.2 Å². The number of unbranched alkanes of at least 4 members (excludes halogenated alkanes) is 3. The quantitative estimate of drug-likeness (QED) is 0.170. The Morgan fingerprint density at radius 3 is 1.18 bits per heavy atom. The van der Waals surface area contributed by atoms with E-state index in [-0.39, 0.29) is 11.8 Å². The predicted octanol–water partition coefficient (Wildman–Crippen LogP) is 3.68. The van der Waals surface area contributed by atoms with E-state index in [0.717, 1.165) is 12.8 Å². The molecule has 12 nitrogen and oxygen atoms in total. The van der Waals surface area contributed by atoms with Crippen LogP contribution in [0.2, 0.25) is 0 Å². The molecule has 0 aromatic heterocycles. The number of hydrogen-bond donors (Lipinski definition) is 2. The van der Waals surface area contributed by atoms with Crippen LogP contribution in [0.25, 0.3) is 0 Å². The summed E-state index contributed by atoms with van der Waals surface area (Å²) in [7, 11) is 9.17. The lowest BCUT2D eigenvalue weighted by molar-refractivity contribution is -0.122. The van der Waals surface area contributed by atoms with Crippen molar-refractivity contribution < 1.29 is 38.0 Å². The molecule has 0 heterocycles. The molecule has 0 saturated heterocycles. The molecular formula is C28H38N4O8. The lowest BCUT2D eigenvalue weighted by atomic mass is 10.1. The fourth-order valence-electron chi connectivity index (χ4n) is 3.75. The highest BCUT2D eigenvalue weighted by Crippen LogP contribution is 2.38. The number of hydrogen-bond acceptors (Lipinski definition) is 10. The van der Waals surface area contributed by atoms with E-state index < -0.39 is 0 Å². The molecule has 2 rings (SSSR count). The summed E-state index contributed by atoms with van der Waals surface area (Å²) < 4.78 is 31.8. The first-order chi connectivity index (χ1) is 19.4. The zero-order valence-corrected chi connectivity index (χ0v) is 23.9. The van der Waals surface area contributed by atoms with Crippen LogP contribution in [0.4, 0.5) is 0 Å². The van der Waals surface area contributed by atoms with E-state index in [1.165, 1.54) is 55.1 Å². The Kier molecular flexibility index (Phi) is 13.6. The van der Waals surface area contributed by atoms with Gasteiger partial charge in [0.25, 0.3) is 0 Å². The Labute approximate surface area is 234 Å². The topological polar surface area (TPSA) is 138 Å². The minimum Gasteiger partial charge on any atom is -0.493 e. The number of benzene rings is 2. The predicted molar refractivity (Wildman–Crippen MR) is 151 cm³/mol. The molecule has 0 radical (unpaired) electrons. The van der Waals surface area contributed by atoms with Gasteiger partial charge in [0, 0.05) is 24.0 Å². The van der Waals surface area contributed by atoms with Crippen LogP contribution in [0, 0.1) is 0 Å². The van der Waals surface area contributed by atoms with Crippen LogP contribution in [0.5, 0.6) is 34.5 Å². The van der Waals surface area contributed by atoms with Gasteiger partial charge in [0.1, 0.15) is 0 Å². The fourth-order valence-corrected chi connectivity index (χ4v) is 3.75. The molecule has 2 aromatic rings. The first kappa shape index (κ1) is 31.7. The molecule has 218 valence electrons. The molecule has 0 fully saturated rings. The fraction of sp³-hybridized carbons (Fsp3) is 0.429. The summed E-state index contributed by atoms with van der Waals surface area (Å²) in [5.41, 5.74) is 6.39. The molecule has 2 aromatic carbocycles. The number of carbonyl (C=O) groups is 2. The molecule has 0 spiro atoms. The van der Waals surface area contributed by atoms with Gasteiger partial charge in [-0.25, -0.2) is 10.9 Å². The number of ether oxygens (including phenoxy) is 6. The first-order valence-electron chi connectivity index (χ1n) is 12.6. The molecule has 2 amide bonds. The second kappa shape index (κ2) is 17.2. The van der Waals surface area contributed by atoms with Gasteiger partial charge in [-0.15, -0.1) is 0 Å². The average molecular weight is 559 g/mol. The monoisotopic (exact) mass is 558 g/mol. The van der Waals surface area contributed by atoms with Crippen molar-refractivity contribution in [3.8, 4) is 34.5 Å². The van der Waals surface area contributed by atoms with Crippen LogP contribution >= 0.6 is 0 Å². The Morgan fingerprint density at radius 2 is 0.900 bits per heavy atom. The van der Waals surface area contributed by atoms with Crippen LogP contribution in [0.1, 0.15) is 49.7 Å². The van der Waals surface area contributed by atoms with Gasteiger partial charge in [-0.1, -0.05) is 12.8 Å². The third-order valence-electron chi connectivity index (χ3n) is 5.74. The minimum absolute atomic E-state index is 0.192. The summed E-state index contributed by atoms with van der Waals surface area (Å²) in [6.45, 7) is 0. The van der Waals surface area contributed by atoms with Gasteiger partial charge in [0.05, 0.1) is 55.1 Å². The minimum atomic E-state index is -0.192. The number of rotatable bonds is 17. The highest BCUT2D eigenvalue weighted by molar-refractivity contribution is 5.85. The smallest absolute Gasteiger partial charge is 0.240 e. The number of hydrazone groups is 2. The molecule has 40 heavy (non-hydrogen) atoms. The largest absolute Gasteiger partial charge is 0.493 e. The van der Waals surface area contributed by atoms with Crippen molar-refractivity contribution in [2.45, 2.75) is 38.5 Å². The molecule has 0 aliphatic carbocycles. The summed E-state index contributed by atoms with van der Waals surface area (Å²) in [4.78, 5) is 24.2. The van der Waals surface area contributed by atoms with Gasteiger partial charge in [-0.3, -0.25) is 9.59 Å². The third-order valence-corrected chi connectivity index (χ3v) is 5.74. The SMILES string of the molecule is COc1cc(C=NNC(=O)CCCCCCC(=O)NN=Cc2cc(OC)c(OC)c(OC)c2)cc(OC)c1OC. The molecule has 0 aliphatic rings. The standard InChI is InChI=1S/C28H38N4O8/c1-35-21-13-19(14-22(36-2)27(21)39-5)17-29-31-25(33)11-9-7-8-10-12-26(34)32-30-18-20-15-23(37-3)28(40-6)24(16-20)38-4/h13-18H,7-12H2,1-6H3,(H,31,33)(H,32,34). The summed E-state index contributed by atoms with van der Waals surface area (Å²) in [6.07, 6.45) is 6.67. The van der Waals surface area contributed by atoms with Gasteiger partial charge in [-0.2, -0.15) is 10.2 Å². The van der Waals surface area contributed by atoms with E-state index >= 15 is 0 Å². The van der Waals surface area contributed by atoms with E-state index in [0.29, 0.717) is 71.3 Å². The van der Waals surface area contributed by atoms with Crippen LogP contribution in [-0.2, 0) is 9.59 Å². The molecular weight excluding hydrogens is 520 g/mol. The number of nitrogens with zero attached hydrogens (tertiary/aromatic N) is 2. The molecule has 0 unspecified atom stereocenters. The molecule has 12 heteroatoms. The molecule has 0 atom stereocenters. The van der Waals surface area contributed by atoms with Gasteiger partial charge in [-0.05, 0) is 37.1 Å². The first-order valence-corrected chi connectivity index (χ1v) is 12.6. The molecule has 0 aliphatic heterocycles. The van der Waals surface area contributed by atoms with E-state index in [4.69, 9.17) is 28.4 Å². The van der Waals surface area contributed by atoms with Crippen molar-refractivity contribution >= 4 is 24.2 Å². The number of nitrogens with one attached hydrogen (secondary N) is 2. The zero-order valence-electron chi connectivity index (χ0n) is 23.9. The second-order valence-electron chi connectivity index (χ2n) is 8.42. The molecule has 0 saturated carbocycles. The molecule has 0 bridgehead atoms. The molecule has 2 N–H and O–H groups in total. The lowest BCUT2D eigenvalue weighted by Crippen LogP contribution is -2.17. The number of amides is 2. The number of carbonyl (C=O) groups excluding carboxylic acids is 2. The van der Waals surface area contributed by atoms with Crippen molar-refractivity contribution in [2.75, 3.05) is 42.7 Å². The normalized spacial score (nSPS) is 10.8. The summed E-state index contributed by atoms with van der Waals surface area (Å²) in [5.74, 6) is 2.55. The Balaban J connectivity index is 1.67. The van der Waals surface area contributed by atoms with Gasteiger partial charge in [0.15, 0.2) is 23.0 Å². The highest BCUT2D eigenvalue weighted by Gasteiger charge is 2.13. The van der Waals surface area contributed by atoms with Crippen molar-refractivity contribution in [1.29, 1.82) is 0 Å². The average Bonchev–Trinajstić information content (AvgIpc) is 2.97. The van der Waals surface area contributed by atoms with Gasteiger partial charge < -0.3 is 28.4 Å². The van der Waals surface area contributed by atoms with Crippen molar-refractivity contribution in [1.82, 2.24) is 10.9 Å². The third kappa shape index (κ3) is 9.68. The zero-order chi connectivity index (χ0) is 29.3. The highest BCUT2D eigenvalue weighted by atomic mass is 16.5. The maximum atomic E-state index is 12.1. The lowest BCUT2D eigenvalue weighted by Gasteiger charge is -2.12. The van der Waals surface area contributed by atoms with Crippen LogP contribution in [-0.4, -0.2) is 66.9 Å². The van der Waals surface area contributed by atoms with Crippen LogP contribution in [0.3, 0.4) is 0 Å². The second-order valence-corrected chi connectivity index (χ2v) is 8.42. The summed E-state index contributed by atoms with van der Waals surface area (Å²) in [5, 5.41) is 8.00. The van der Waals surface area contributed by atoms with Crippen molar-refractivity contribution in [3.63, 3.8) is 0 Å². The number of methoxy groups -OCH3 is 6. The Hall–Kier alpha value is -4.48. The summed E-state index contributed by atoms with van der Waals surface area (Å²) in [6, 6.07) is 6.91. The Bertz CT molecular complexity index is 1040. The van der Waals surface area contributed by atoms with E-state index in [1.807, 2.05) is 0 Å². The van der Waals surface area contributed by atoms with E-state index in [9.17, 15) is 9.59 Å². The Morgan fingerprint density at radius 1 is 0.575 bits per heavy atom. The van der Waals surface area contributed by atoms with Gasteiger partial charge >= 0.3 is 0 Å². The van der Waals surface area contributed by atoms with Crippen LogP contribution in [0.15, 0.2) is 34.5 Å². The van der Waals surface area contributed by atoms with Crippen molar-refractivity contribution in [3.05, 3.63) is 35.4 Å². The van der Waals surface area contributed by atoms with E-state index in [2.05, 4.69) is 21.1 Å². The van der Waals surface area contributed by atoms with Gasteiger partial charge in [0.2, 0.25) is 23.3 Å². The maximum absolute atomic E-state index is 12.1. The summed E-state index contributed by atoms with van der Waals surface area (Å²) >= 11 is 0. The van der Waals surface area contributed by atoms with E-state index in [1.54, 1.807) is 24.3 Å². The van der Waals surface area contributed by atoms with Crippen LogP contribution < -0.4 is 39.3 Å². The maximum Gasteiger partial charge on any atom is 0.240 e.